The molecule has 1 fully saturated rings. The monoisotopic (exact) mass is 636 g/mol. The Morgan fingerprint density at radius 2 is 1.73 bits per heavy atom. The van der Waals surface area contributed by atoms with Gasteiger partial charge in [-0.25, -0.2) is 4.98 Å². The number of aryl methyl sites for hydroxylation is 1. The zero-order chi connectivity index (χ0) is 28.4. The molecule has 210 valence electrons. The Morgan fingerprint density at radius 1 is 0.950 bits per heavy atom. The molecule has 0 amide bonds. The van der Waals surface area contributed by atoms with Crippen molar-refractivity contribution in [1.82, 2.24) is 9.97 Å². The Kier molecular flexibility index (Phi) is 9.43. The van der Waals surface area contributed by atoms with E-state index in [1.54, 1.807) is 30.3 Å². The lowest BCUT2D eigenvalue weighted by Crippen LogP contribution is -2.09. The second-order valence-electron chi connectivity index (χ2n) is 10.0. The topological polar surface area (TPSA) is 75.2 Å². The van der Waals surface area contributed by atoms with Gasteiger partial charge in [0.25, 0.3) is 0 Å². The molecule has 5 nitrogen and oxygen atoms in total. The van der Waals surface area contributed by atoms with Gasteiger partial charge in [0.15, 0.2) is 5.16 Å². The minimum absolute atomic E-state index is 0.349. The van der Waals surface area contributed by atoms with Crippen LogP contribution in [0.5, 0.6) is 11.5 Å². The van der Waals surface area contributed by atoms with Gasteiger partial charge in [0.2, 0.25) is 0 Å². The number of nitrogens with zero attached hydrogens (tertiary/aromatic N) is 1. The molecule has 4 aromatic rings. The summed E-state index contributed by atoms with van der Waals surface area (Å²) in [4.78, 5) is 18.8. The van der Waals surface area contributed by atoms with Crippen LogP contribution in [0.3, 0.4) is 0 Å². The molecule has 3 aromatic carbocycles. The van der Waals surface area contributed by atoms with Crippen LogP contribution in [0.2, 0.25) is 20.1 Å². The van der Waals surface area contributed by atoms with Gasteiger partial charge in [-0.15, -0.1) is 0 Å². The molecule has 1 atom stereocenters. The van der Waals surface area contributed by atoms with Gasteiger partial charge in [0.05, 0.1) is 27.0 Å². The van der Waals surface area contributed by atoms with E-state index in [0.29, 0.717) is 32.5 Å². The summed E-state index contributed by atoms with van der Waals surface area (Å²) in [6.07, 6.45) is 9.90. The van der Waals surface area contributed by atoms with Gasteiger partial charge < -0.3 is 14.8 Å². The summed E-state index contributed by atoms with van der Waals surface area (Å²) in [6, 6.07) is 12.8. The van der Waals surface area contributed by atoms with Crippen LogP contribution in [0.1, 0.15) is 67.1 Å². The third-order valence-electron chi connectivity index (χ3n) is 7.52. The van der Waals surface area contributed by atoms with E-state index in [2.05, 4.69) is 16.0 Å². The van der Waals surface area contributed by atoms with Crippen molar-refractivity contribution in [2.75, 3.05) is 6.26 Å². The highest BCUT2D eigenvalue weighted by Crippen LogP contribution is 2.42. The lowest BCUT2D eigenvalue weighted by Gasteiger charge is -2.24. The molecule has 1 saturated carbocycles. The standard InChI is InChI=1S/C16H19ClO2.C14H9Cl3N2OS/c17-15-9-13-11(6-7-12(13)16(18)19)8-14(15)10-4-2-1-3-5-10;1-21-14-18-9-5-8(16)12(6-10(9)19-14)20-11-4-2-3-7(15)13(11)17/h8-10,12H,1-7H2,(H,18,19);2-6H,1H3,(H,18,19). The number of hydrogen-bond acceptors (Lipinski definition) is 4. The number of aliphatic carboxylic acids is 1. The van der Waals surface area contributed by atoms with E-state index in [4.69, 9.17) is 51.1 Å². The lowest BCUT2D eigenvalue weighted by molar-refractivity contribution is -0.138. The number of thioether (sulfide) groups is 1. The summed E-state index contributed by atoms with van der Waals surface area (Å²) in [5.41, 5.74) is 5.03. The van der Waals surface area contributed by atoms with Crippen molar-refractivity contribution in [2.24, 2.45) is 0 Å². The Bertz CT molecular complexity index is 1550. The van der Waals surface area contributed by atoms with Gasteiger partial charge >= 0.3 is 5.97 Å². The Hall–Kier alpha value is -2.09. The smallest absolute Gasteiger partial charge is 0.310 e. The minimum Gasteiger partial charge on any atom is -0.481 e. The number of H-pyrrole nitrogens is 1. The van der Waals surface area contributed by atoms with Crippen LogP contribution in [0.15, 0.2) is 47.6 Å². The van der Waals surface area contributed by atoms with Gasteiger partial charge in [-0.1, -0.05) is 89.6 Å². The summed E-state index contributed by atoms with van der Waals surface area (Å²) in [5.74, 6) is 0.432. The number of imidazole rings is 1. The maximum atomic E-state index is 11.2. The molecule has 1 heterocycles. The van der Waals surface area contributed by atoms with E-state index in [0.717, 1.165) is 39.6 Å². The Balaban J connectivity index is 0.000000162. The average molecular weight is 638 g/mol. The molecule has 0 spiro atoms. The second-order valence-corrected chi connectivity index (χ2v) is 12.4. The number of halogens is 4. The van der Waals surface area contributed by atoms with E-state index in [-0.39, 0.29) is 5.92 Å². The molecule has 2 aliphatic carbocycles. The Morgan fingerprint density at radius 3 is 2.45 bits per heavy atom. The number of aromatic nitrogens is 2. The molecule has 0 aliphatic heterocycles. The number of carboxylic acid groups (broad SMARTS) is 1. The second kappa shape index (κ2) is 12.8. The highest BCUT2D eigenvalue weighted by molar-refractivity contribution is 7.98. The van der Waals surface area contributed by atoms with Gasteiger partial charge in [-0.05, 0) is 78.8 Å². The highest BCUT2D eigenvalue weighted by atomic mass is 35.5. The van der Waals surface area contributed by atoms with Crippen LogP contribution >= 0.6 is 58.2 Å². The third-order valence-corrected chi connectivity index (χ3v) is 9.53. The molecular weight excluding hydrogens is 610 g/mol. The zero-order valence-electron chi connectivity index (χ0n) is 21.8. The molecule has 0 saturated heterocycles. The quantitative estimate of drug-likeness (QED) is 0.213. The van der Waals surface area contributed by atoms with E-state index in [1.807, 2.05) is 12.3 Å². The molecule has 0 radical (unpaired) electrons. The highest BCUT2D eigenvalue weighted by Gasteiger charge is 2.30. The fourth-order valence-electron chi connectivity index (χ4n) is 5.48. The van der Waals surface area contributed by atoms with Crippen molar-refractivity contribution in [3.8, 4) is 11.5 Å². The van der Waals surface area contributed by atoms with E-state index >= 15 is 0 Å². The first-order valence-corrected chi connectivity index (χ1v) is 15.9. The van der Waals surface area contributed by atoms with Crippen molar-refractivity contribution in [3.63, 3.8) is 0 Å². The SMILES string of the molecule is CSc1nc2cc(Oc3cccc(Cl)c3Cl)c(Cl)cc2[nH]1.O=C(O)C1CCc2cc(C3CCCCC3)c(Cl)cc21. The molecule has 2 N–H and O–H groups in total. The van der Waals surface area contributed by atoms with Crippen molar-refractivity contribution < 1.29 is 14.6 Å². The molecule has 10 heteroatoms. The fraction of sp³-hybridized carbons (Fsp3) is 0.333. The first-order valence-electron chi connectivity index (χ1n) is 13.1. The van der Waals surface area contributed by atoms with Crippen LogP contribution in [0.25, 0.3) is 11.0 Å². The average Bonchev–Trinajstić information content (AvgIpc) is 3.55. The summed E-state index contributed by atoms with van der Waals surface area (Å²) < 4.78 is 5.76. The van der Waals surface area contributed by atoms with E-state index in [9.17, 15) is 9.90 Å². The number of carboxylic acids is 1. The predicted molar refractivity (Wildman–Crippen MR) is 165 cm³/mol. The Labute approximate surface area is 257 Å². The number of carbonyl (C=O) groups is 1. The number of benzene rings is 3. The zero-order valence-corrected chi connectivity index (χ0v) is 25.6. The maximum Gasteiger partial charge on any atom is 0.310 e. The number of hydrogen-bond donors (Lipinski definition) is 2. The summed E-state index contributed by atoms with van der Waals surface area (Å²) in [7, 11) is 0. The summed E-state index contributed by atoms with van der Waals surface area (Å²) in [6.45, 7) is 0. The van der Waals surface area contributed by atoms with Gasteiger partial charge in [-0.2, -0.15) is 0 Å². The largest absolute Gasteiger partial charge is 0.481 e. The third kappa shape index (κ3) is 6.37. The predicted octanol–water partition coefficient (Wildman–Crippen LogP) is 10.5. The van der Waals surface area contributed by atoms with Crippen molar-refractivity contribution in [2.45, 2.75) is 61.9 Å². The van der Waals surface area contributed by atoms with Crippen LogP contribution in [-0.2, 0) is 11.2 Å². The number of fused-ring (bicyclic) bond motifs is 2. The van der Waals surface area contributed by atoms with Gasteiger partial charge in [0, 0.05) is 11.1 Å². The molecular formula is C30H28Cl4N2O3S. The number of ether oxygens (including phenoxy) is 1. The molecule has 1 aromatic heterocycles. The first kappa shape index (κ1) is 29.4. The van der Waals surface area contributed by atoms with Gasteiger partial charge in [0.1, 0.15) is 16.5 Å². The number of nitrogens with one attached hydrogen (secondary N) is 1. The fourth-order valence-corrected chi connectivity index (χ4v) is 6.74. The number of aromatic amines is 1. The van der Waals surface area contributed by atoms with Crippen LogP contribution in [0, 0.1) is 0 Å². The van der Waals surface area contributed by atoms with E-state index < -0.39 is 5.97 Å². The van der Waals surface area contributed by atoms with Crippen molar-refractivity contribution in [3.05, 3.63) is 79.2 Å². The normalized spacial score (nSPS) is 16.9. The lowest BCUT2D eigenvalue weighted by atomic mass is 9.83. The van der Waals surface area contributed by atoms with Crippen molar-refractivity contribution in [1.29, 1.82) is 0 Å². The summed E-state index contributed by atoms with van der Waals surface area (Å²) in [5, 5.41) is 12.1. The molecule has 40 heavy (non-hydrogen) atoms. The van der Waals surface area contributed by atoms with Crippen LogP contribution in [0.4, 0.5) is 0 Å². The van der Waals surface area contributed by atoms with Crippen LogP contribution in [-0.4, -0.2) is 27.3 Å². The molecule has 1 unspecified atom stereocenters. The van der Waals surface area contributed by atoms with Crippen molar-refractivity contribution >= 4 is 75.2 Å². The number of rotatable bonds is 5. The van der Waals surface area contributed by atoms with Crippen LogP contribution < -0.4 is 4.74 Å². The maximum absolute atomic E-state index is 11.2. The molecule has 2 aliphatic rings. The first-order chi connectivity index (χ1) is 19.2. The molecule has 6 rings (SSSR count). The summed E-state index contributed by atoms with van der Waals surface area (Å²) >= 11 is 26.3. The van der Waals surface area contributed by atoms with Gasteiger partial charge in [-0.3, -0.25) is 4.79 Å². The minimum atomic E-state index is -0.722. The van der Waals surface area contributed by atoms with E-state index in [1.165, 1.54) is 55.0 Å². The molecule has 0 bridgehead atoms.